The lowest BCUT2D eigenvalue weighted by Crippen LogP contribution is -2.23. The molecule has 0 saturated heterocycles. The van der Waals surface area contributed by atoms with Crippen molar-refractivity contribution < 1.29 is 0 Å². The van der Waals surface area contributed by atoms with Crippen LogP contribution in [0.3, 0.4) is 0 Å². The Morgan fingerprint density at radius 1 is 0.846 bits per heavy atom. The molecular formula is C21H19N5. The summed E-state index contributed by atoms with van der Waals surface area (Å²) in [5, 5.41) is 0. The summed E-state index contributed by atoms with van der Waals surface area (Å²) < 4.78 is 1.81. The maximum Gasteiger partial charge on any atom is 0.169 e. The molecule has 5 heteroatoms. The first kappa shape index (κ1) is 16.0. The maximum absolute atomic E-state index is 4.55. The summed E-state index contributed by atoms with van der Waals surface area (Å²) in [4.78, 5) is 15.7. The highest BCUT2D eigenvalue weighted by Crippen LogP contribution is 2.25. The molecule has 0 unspecified atom stereocenters. The molecule has 2 aromatic heterocycles. The van der Waals surface area contributed by atoms with E-state index in [1.54, 1.807) is 18.9 Å². The van der Waals surface area contributed by atoms with Gasteiger partial charge >= 0.3 is 0 Å². The van der Waals surface area contributed by atoms with Crippen LogP contribution in [0.5, 0.6) is 0 Å². The van der Waals surface area contributed by atoms with Crippen molar-refractivity contribution in [1.82, 2.24) is 19.5 Å². The SMILES string of the molecule is C=Cn1cnc2c(N(Cc3ccccc3)Cc3ccccc3)ncnc21. The van der Waals surface area contributed by atoms with Gasteiger partial charge in [-0.1, -0.05) is 67.2 Å². The van der Waals surface area contributed by atoms with Gasteiger partial charge in [-0.15, -0.1) is 0 Å². The number of anilines is 1. The first-order valence-electron chi connectivity index (χ1n) is 8.48. The number of nitrogens with zero attached hydrogens (tertiary/aromatic N) is 5. The van der Waals surface area contributed by atoms with Crippen LogP contribution in [0.15, 0.2) is 79.9 Å². The molecule has 0 aliphatic heterocycles. The molecular weight excluding hydrogens is 322 g/mol. The molecule has 0 N–H and O–H groups in total. The standard InChI is InChI=1S/C21H19N5/c1-2-25-16-24-19-20(25)22-15-23-21(19)26(13-17-9-5-3-6-10-17)14-18-11-7-4-8-12-18/h2-12,15-16H,1,13-14H2. The van der Waals surface area contributed by atoms with E-state index in [2.05, 4.69) is 75.0 Å². The number of imidazole rings is 1. The average molecular weight is 341 g/mol. The quantitative estimate of drug-likeness (QED) is 0.529. The Morgan fingerprint density at radius 2 is 1.46 bits per heavy atom. The molecule has 0 atom stereocenters. The first-order chi connectivity index (χ1) is 12.8. The summed E-state index contributed by atoms with van der Waals surface area (Å²) >= 11 is 0. The normalized spacial score (nSPS) is 10.8. The summed E-state index contributed by atoms with van der Waals surface area (Å²) in [6.45, 7) is 5.29. The number of hydrogen-bond acceptors (Lipinski definition) is 4. The summed E-state index contributed by atoms with van der Waals surface area (Å²) in [6, 6.07) is 20.8. The molecule has 2 aromatic carbocycles. The van der Waals surface area contributed by atoms with Crippen LogP contribution in [0.25, 0.3) is 17.4 Å². The van der Waals surface area contributed by atoms with Crippen molar-refractivity contribution in [3.8, 4) is 0 Å². The van der Waals surface area contributed by atoms with Crippen molar-refractivity contribution in [3.05, 3.63) is 91.0 Å². The van der Waals surface area contributed by atoms with Crippen LogP contribution < -0.4 is 4.90 Å². The largest absolute Gasteiger partial charge is 0.346 e. The third-order valence-electron chi connectivity index (χ3n) is 4.27. The van der Waals surface area contributed by atoms with E-state index in [9.17, 15) is 0 Å². The van der Waals surface area contributed by atoms with Gasteiger partial charge in [-0.2, -0.15) is 0 Å². The number of fused-ring (bicyclic) bond motifs is 1. The third-order valence-corrected chi connectivity index (χ3v) is 4.27. The second-order valence-electron chi connectivity index (χ2n) is 6.03. The Balaban J connectivity index is 1.77. The van der Waals surface area contributed by atoms with Crippen molar-refractivity contribution in [2.24, 2.45) is 0 Å². The zero-order valence-electron chi connectivity index (χ0n) is 14.4. The minimum absolute atomic E-state index is 0.739. The van der Waals surface area contributed by atoms with Crippen molar-refractivity contribution in [3.63, 3.8) is 0 Å². The van der Waals surface area contributed by atoms with Crippen molar-refractivity contribution in [1.29, 1.82) is 0 Å². The van der Waals surface area contributed by atoms with E-state index >= 15 is 0 Å². The van der Waals surface area contributed by atoms with Gasteiger partial charge < -0.3 is 4.90 Å². The molecule has 0 spiro atoms. The lowest BCUT2D eigenvalue weighted by molar-refractivity contribution is 0.785. The smallest absolute Gasteiger partial charge is 0.169 e. The summed E-state index contributed by atoms with van der Waals surface area (Å²) in [5.41, 5.74) is 3.98. The molecule has 4 aromatic rings. The van der Waals surface area contributed by atoms with Crippen LogP contribution in [0.4, 0.5) is 5.82 Å². The van der Waals surface area contributed by atoms with Gasteiger partial charge in [-0.3, -0.25) is 4.57 Å². The van der Waals surface area contributed by atoms with Crippen LogP contribution in [0.2, 0.25) is 0 Å². The van der Waals surface area contributed by atoms with Gasteiger partial charge in [-0.25, -0.2) is 15.0 Å². The highest BCUT2D eigenvalue weighted by atomic mass is 15.2. The highest BCUT2D eigenvalue weighted by molar-refractivity contribution is 5.84. The van der Waals surface area contributed by atoms with E-state index in [1.807, 2.05) is 16.7 Å². The molecule has 4 rings (SSSR count). The monoisotopic (exact) mass is 341 g/mol. The van der Waals surface area contributed by atoms with Crippen LogP contribution in [-0.2, 0) is 13.1 Å². The van der Waals surface area contributed by atoms with Gasteiger partial charge in [-0.05, 0) is 11.1 Å². The molecule has 0 fully saturated rings. The van der Waals surface area contributed by atoms with E-state index in [1.165, 1.54) is 11.1 Å². The Bertz CT molecular complexity index is 967. The van der Waals surface area contributed by atoms with Gasteiger partial charge in [0.15, 0.2) is 17.0 Å². The van der Waals surface area contributed by atoms with Crippen molar-refractivity contribution >= 4 is 23.2 Å². The average Bonchev–Trinajstić information content (AvgIpc) is 3.12. The minimum atomic E-state index is 0.739. The minimum Gasteiger partial charge on any atom is -0.346 e. The van der Waals surface area contributed by atoms with Gasteiger partial charge in [0, 0.05) is 19.3 Å². The van der Waals surface area contributed by atoms with Crippen LogP contribution in [0.1, 0.15) is 11.1 Å². The zero-order valence-corrected chi connectivity index (χ0v) is 14.4. The van der Waals surface area contributed by atoms with Crippen molar-refractivity contribution in [2.75, 3.05) is 4.90 Å². The number of aromatic nitrogens is 4. The molecule has 0 radical (unpaired) electrons. The molecule has 0 saturated carbocycles. The van der Waals surface area contributed by atoms with Gasteiger partial charge in [0.2, 0.25) is 0 Å². The summed E-state index contributed by atoms with van der Waals surface area (Å²) in [6.07, 6.45) is 5.01. The highest BCUT2D eigenvalue weighted by Gasteiger charge is 2.16. The topological polar surface area (TPSA) is 46.8 Å². The van der Waals surface area contributed by atoms with Gasteiger partial charge in [0.05, 0.1) is 0 Å². The Morgan fingerprint density at radius 3 is 2.04 bits per heavy atom. The predicted molar refractivity (Wildman–Crippen MR) is 104 cm³/mol. The van der Waals surface area contributed by atoms with E-state index in [0.29, 0.717) is 0 Å². The third kappa shape index (κ3) is 3.19. The van der Waals surface area contributed by atoms with Gasteiger partial charge in [0.1, 0.15) is 12.7 Å². The number of hydrogen-bond donors (Lipinski definition) is 0. The summed E-state index contributed by atoms with van der Waals surface area (Å²) in [7, 11) is 0. The molecule has 0 bridgehead atoms. The fourth-order valence-electron chi connectivity index (χ4n) is 3.02. The first-order valence-corrected chi connectivity index (χ1v) is 8.48. The van der Waals surface area contributed by atoms with Crippen LogP contribution >= 0.6 is 0 Å². The predicted octanol–water partition coefficient (Wildman–Crippen LogP) is 4.13. The molecule has 2 heterocycles. The van der Waals surface area contributed by atoms with E-state index in [0.717, 1.165) is 30.1 Å². The molecule has 0 aliphatic rings. The fourth-order valence-corrected chi connectivity index (χ4v) is 3.02. The fraction of sp³-hybridized carbons (Fsp3) is 0.0952. The van der Waals surface area contributed by atoms with E-state index in [4.69, 9.17) is 0 Å². The summed E-state index contributed by atoms with van der Waals surface area (Å²) in [5.74, 6) is 0.823. The maximum atomic E-state index is 4.55. The molecule has 128 valence electrons. The Labute approximate surface area is 152 Å². The van der Waals surface area contributed by atoms with E-state index < -0.39 is 0 Å². The number of rotatable bonds is 6. The van der Waals surface area contributed by atoms with Gasteiger partial charge in [0.25, 0.3) is 0 Å². The molecule has 0 aliphatic carbocycles. The molecule has 5 nitrogen and oxygen atoms in total. The molecule has 26 heavy (non-hydrogen) atoms. The van der Waals surface area contributed by atoms with Crippen LogP contribution in [0, 0.1) is 0 Å². The lowest BCUT2D eigenvalue weighted by Gasteiger charge is -2.24. The Kier molecular flexibility index (Phi) is 4.43. The lowest BCUT2D eigenvalue weighted by atomic mass is 10.1. The van der Waals surface area contributed by atoms with E-state index in [-0.39, 0.29) is 0 Å². The molecule has 0 amide bonds. The number of benzene rings is 2. The second-order valence-corrected chi connectivity index (χ2v) is 6.03. The Hall–Kier alpha value is -3.47. The van der Waals surface area contributed by atoms with Crippen LogP contribution in [-0.4, -0.2) is 19.5 Å². The van der Waals surface area contributed by atoms with Crippen molar-refractivity contribution in [2.45, 2.75) is 13.1 Å². The zero-order chi connectivity index (χ0) is 17.8. The second kappa shape index (κ2) is 7.19.